The highest BCUT2D eigenvalue weighted by Gasteiger charge is 2.01. The van der Waals surface area contributed by atoms with Crippen molar-refractivity contribution in [3.05, 3.63) is 46.3 Å². The summed E-state index contributed by atoms with van der Waals surface area (Å²) in [6, 6.07) is 3.98. The second-order valence-corrected chi connectivity index (χ2v) is 3.06. The number of alkyl halides is 1. The van der Waals surface area contributed by atoms with E-state index in [1.807, 2.05) is 0 Å². The Bertz CT molecular complexity index is 538. The fourth-order valence-electron chi connectivity index (χ4n) is 1.19. The SMILES string of the molecule is O=c1cc(CCl)nc2ccc(F)cn12. The molecule has 0 saturated carbocycles. The molecule has 2 rings (SSSR count). The predicted molar refractivity (Wildman–Crippen MR) is 51.0 cm³/mol. The van der Waals surface area contributed by atoms with Crippen molar-refractivity contribution in [2.75, 3.05) is 0 Å². The van der Waals surface area contributed by atoms with Gasteiger partial charge in [0, 0.05) is 12.3 Å². The quantitative estimate of drug-likeness (QED) is 0.673. The molecule has 0 aliphatic rings. The maximum Gasteiger partial charge on any atom is 0.258 e. The third-order valence-corrected chi connectivity index (χ3v) is 2.09. The lowest BCUT2D eigenvalue weighted by Gasteiger charge is -2.00. The Morgan fingerprint density at radius 3 is 3.00 bits per heavy atom. The molecule has 0 radical (unpaired) electrons. The number of pyridine rings is 1. The molecule has 14 heavy (non-hydrogen) atoms. The van der Waals surface area contributed by atoms with Gasteiger partial charge in [0.1, 0.15) is 11.5 Å². The summed E-state index contributed by atoms with van der Waals surface area (Å²) in [6.07, 6.45) is 1.10. The van der Waals surface area contributed by atoms with Gasteiger partial charge in [0.05, 0.1) is 11.6 Å². The Morgan fingerprint density at radius 1 is 1.50 bits per heavy atom. The number of aromatic nitrogens is 2. The monoisotopic (exact) mass is 212 g/mol. The molecule has 0 aliphatic heterocycles. The van der Waals surface area contributed by atoms with Crippen molar-refractivity contribution in [3.8, 4) is 0 Å². The lowest BCUT2D eigenvalue weighted by molar-refractivity contribution is 0.617. The van der Waals surface area contributed by atoms with Crippen LogP contribution in [0, 0.1) is 5.82 Å². The molecule has 2 aromatic heterocycles. The van der Waals surface area contributed by atoms with Crippen molar-refractivity contribution in [1.29, 1.82) is 0 Å². The van der Waals surface area contributed by atoms with Gasteiger partial charge >= 0.3 is 0 Å². The highest BCUT2D eigenvalue weighted by molar-refractivity contribution is 6.16. The Labute approximate surface area is 83.8 Å². The first kappa shape index (κ1) is 9.15. The first-order valence-electron chi connectivity index (χ1n) is 3.94. The number of hydrogen-bond acceptors (Lipinski definition) is 2. The van der Waals surface area contributed by atoms with Crippen molar-refractivity contribution in [2.24, 2.45) is 0 Å². The van der Waals surface area contributed by atoms with Gasteiger partial charge in [0.15, 0.2) is 0 Å². The summed E-state index contributed by atoms with van der Waals surface area (Å²) in [6.45, 7) is 0. The van der Waals surface area contributed by atoms with Gasteiger partial charge in [-0.15, -0.1) is 11.6 Å². The zero-order chi connectivity index (χ0) is 10.1. The van der Waals surface area contributed by atoms with Crippen molar-refractivity contribution < 1.29 is 4.39 Å². The van der Waals surface area contributed by atoms with E-state index in [9.17, 15) is 9.18 Å². The lowest BCUT2D eigenvalue weighted by Crippen LogP contribution is -2.15. The van der Waals surface area contributed by atoms with Crippen LogP contribution >= 0.6 is 11.6 Å². The molecule has 2 aromatic rings. The summed E-state index contributed by atoms with van der Waals surface area (Å²) in [7, 11) is 0. The van der Waals surface area contributed by atoms with Crippen molar-refractivity contribution in [3.63, 3.8) is 0 Å². The van der Waals surface area contributed by atoms with Crippen LogP contribution in [0.3, 0.4) is 0 Å². The van der Waals surface area contributed by atoms with Crippen LogP contribution in [0.5, 0.6) is 0 Å². The van der Waals surface area contributed by atoms with Crippen molar-refractivity contribution in [2.45, 2.75) is 5.88 Å². The van der Waals surface area contributed by atoms with E-state index in [1.54, 1.807) is 0 Å². The highest BCUT2D eigenvalue weighted by Crippen LogP contribution is 2.03. The van der Waals surface area contributed by atoms with Gasteiger partial charge in [-0.3, -0.25) is 9.20 Å². The maximum absolute atomic E-state index is 12.8. The summed E-state index contributed by atoms with van der Waals surface area (Å²) in [5, 5.41) is 0. The molecule has 0 N–H and O–H groups in total. The molecule has 72 valence electrons. The zero-order valence-electron chi connectivity index (χ0n) is 7.08. The molecule has 0 aromatic carbocycles. The van der Waals surface area contributed by atoms with E-state index in [1.165, 1.54) is 18.2 Å². The average Bonchev–Trinajstić information content (AvgIpc) is 2.19. The van der Waals surface area contributed by atoms with Crippen LogP contribution in [0.2, 0.25) is 0 Å². The van der Waals surface area contributed by atoms with Crippen LogP contribution in [0.15, 0.2) is 29.2 Å². The van der Waals surface area contributed by atoms with Crippen molar-refractivity contribution >= 4 is 17.2 Å². The summed E-state index contributed by atoms with van der Waals surface area (Å²) >= 11 is 5.55. The Morgan fingerprint density at radius 2 is 2.29 bits per heavy atom. The smallest absolute Gasteiger partial charge is 0.258 e. The van der Waals surface area contributed by atoms with E-state index in [0.717, 1.165) is 10.6 Å². The largest absolute Gasteiger partial charge is 0.269 e. The first-order valence-corrected chi connectivity index (χ1v) is 4.48. The van der Waals surface area contributed by atoms with Gasteiger partial charge < -0.3 is 0 Å². The molecule has 0 atom stereocenters. The molecule has 0 spiro atoms. The summed E-state index contributed by atoms with van der Waals surface area (Å²) < 4.78 is 13.9. The predicted octanol–water partition coefficient (Wildman–Crippen LogP) is 1.57. The molecular formula is C9H6ClFN2O. The average molecular weight is 213 g/mol. The normalized spacial score (nSPS) is 10.7. The topological polar surface area (TPSA) is 34.4 Å². The van der Waals surface area contributed by atoms with Gasteiger partial charge in [0.2, 0.25) is 0 Å². The molecule has 0 unspecified atom stereocenters. The third kappa shape index (κ3) is 1.48. The van der Waals surface area contributed by atoms with Crippen molar-refractivity contribution in [1.82, 2.24) is 9.38 Å². The minimum Gasteiger partial charge on any atom is -0.269 e. The molecule has 0 fully saturated rings. The van der Waals surface area contributed by atoms with Gasteiger partial charge in [-0.05, 0) is 12.1 Å². The van der Waals surface area contributed by atoms with Crippen LogP contribution in [0.4, 0.5) is 4.39 Å². The molecule has 0 saturated heterocycles. The van der Waals surface area contributed by atoms with Gasteiger partial charge in [-0.25, -0.2) is 9.37 Å². The second kappa shape index (κ2) is 3.38. The van der Waals surface area contributed by atoms with Crippen LogP contribution in [0.25, 0.3) is 5.65 Å². The van der Waals surface area contributed by atoms with E-state index in [0.29, 0.717) is 11.3 Å². The summed E-state index contributed by atoms with van der Waals surface area (Å²) in [5.41, 5.74) is 0.558. The van der Waals surface area contributed by atoms with E-state index in [2.05, 4.69) is 4.98 Å². The van der Waals surface area contributed by atoms with E-state index in [-0.39, 0.29) is 11.4 Å². The fourth-order valence-corrected chi connectivity index (χ4v) is 1.33. The van der Waals surface area contributed by atoms with Crippen LogP contribution in [0.1, 0.15) is 5.69 Å². The molecule has 0 bridgehead atoms. The number of hydrogen-bond donors (Lipinski definition) is 0. The Balaban J connectivity index is 2.83. The number of halogens is 2. The van der Waals surface area contributed by atoms with Gasteiger partial charge in [-0.2, -0.15) is 0 Å². The minimum atomic E-state index is -0.472. The molecule has 0 amide bonds. The van der Waals surface area contributed by atoms with Crippen LogP contribution < -0.4 is 5.56 Å². The van der Waals surface area contributed by atoms with E-state index < -0.39 is 5.82 Å². The van der Waals surface area contributed by atoms with Crippen LogP contribution in [-0.4, -0.2) is 9.38 Å². The fraction of sp³-hybridized carbons (Fsp3) is 0.111. The molecule has 0 aliphatic carbocycles. The first-order chi connectivity index (χ1) is 6.70. The van der Waals surface area contributed by atoms with Gasteiger partial charge in [-0.1, -0.05) is 0 Å². The number of nitrogens with zero attached hydrogens (tertiary/aromatic N) is 2. The zero-order valence-corrected chi connectivity index (χ0v) is 7.83. The second-order valence-electron chi connectivity index (χ2n) is 2.79. The summed E-state index contributed by atoms with van der Waals surface area (Å²) in [4.78, 5) is 15.5. The number of rotatable bonds is 1. The molecule has 3 nitrogen and oxygen atoms in total. The molecule has 2 heterocycles. The standard InChI is InChI=1S/C9H6ClFN2O/c10-4-7-3-9(14)13-5-6(11)1-2-8(13)12-7/h1-3,5H,4H2. The molecular weight excluding hydrogens is 207 g/mol. The molecule has 5 heteroatoms. The highest BCUT2D eigenvalue weighted by atomic mass is 35.5. The minimum absolute atomic E-state index is 0.170. The maximum atomic E-state index is 12.8. The van der Waals surface area contributed by atoms with E-state index in [4.69, 9.17) is 11.6 Å². The Kier molecular flexibility index (Phi) is 2.21. The van der Waals surface area contributed by atoms with Crippen LogP contribution in [-0.2, 0) is 5.88 Å². The lowest BCUT2D eigenvalue weighted by atomic mass is 10.4. The van der Waals surface area contributed by atoms with Gasteiger partial charge in [0.25, 0.3) is 5.56 Å². The number of fused-ring (bicyclic) bond motifs is 1. The third-order valence-electron chi connectivity index (χ3n) is 1.81. The van der Waals surface area contributed by atoms with E-state index >= 15 is 0 Å². The summed E-state index contributed by atoms with van der Waals surface area (Å²) in [5.74, 6) is -0.302. The Hall–Kier alpha value is -1.42.